The van der Waals surface area contributed by atoms with Gasteiger partial charge in [0.2, 0.25) is 0 Å². The smallest absolute Gasteiger partial charge is 0.279 e. The van der Waals surface area contributed by atoms with Crippen molar-refractivity contribution in [3.63, 3.8) is 0 Å². The first-order valence-corrected chi connectivity index (χ1v) is 5.42. The summed E-state index contributed by atoms with van der Waals surface area (Å²) < 4.78 is 5.40. The number of non-ortho nitro benzene ring substituents is 1. The molecule has 0 radical (unpaired) electrons. The Morgan fingerprint density at radius 1 is 1.44 bits per heavy atom. The molecule has 0 amide bonds. The van der Waals surface area contributed by atoms with E-state index < -0.39 is 4.92 Å². The van der Waals surface area contributed by atoms with Gasteiger partial charge in [0, 0.05) is 23.8 Å². The van der Waals surface area contributed by atoms with E-state index in [0.29, 0.717) is 16.5 Å². The van der Waals surface area contributed by atoms with E-state index >= 15 is 0 Å². The molecule has 0 fully saturated rings. The lowest BCUT2D eigenvalue weighted by molar-refractivity contribution is -0.383. The lowest BCUT2D eigenvalue weighted by Crippen LogP contribution is -2.17. The summed E-state index contributed by atoms with van der Waals surface area (Å²) in [6.07, 6.45) is 2.97. The maximum Gasteiger partial charge on any atom is 0.279 e. The van der Waals surface area contributed by atoms with Gasteiger partial charge in [0.05, 0.1) is 10.3 Å². The molecule has 0 bridgehead atoms. The summed E-state index contributed by atoms with van der Waals surface area (Å²) in [5, 5.41) is 11.9. The number of aromatic nitrogens is 1. The minimum Gasteiger partial charge on any atom is -0.486 e. The molecular weight excluding hydrogens is 254 g/mol. The Morgan fingerprint density at radius 2 is 2.22 bits per heavy atom. The Kier molecular flexibility index (Phi) is 3.33. The van der Waals surface area contributed by atoms with Gasteiger partial charge in [-0.05, 0) is 12.1 Å². The third-order valence-electron chi connectivity index (χ3n) is 2.32. The Hall–Kier alpha value is -2.28. The quantitative estimate of drug-likeness (QED) is 0.514. The summed E-state index contributed by atoms with van der Waals surface area (Å²) in [5.41, 5.74) is 5.34. The van der Waals surface area contributed by atoms with Crippen molar-refractivity contribution < 1.29 is 9.66 Å². The molecular formula is C11H9N3O3S. The van der Waals surface area contributed by atoms with Gasteiger partial charge in [0.25, 0.3) is 5.69 Å². The molecule has 7 heteroatoms. The van der Waals surface area contributed by atoms with E-state index in [1.165, 1.54) is 18.3 Å². The van der Waals surface area contributed by atoms with Gasteiger partial charge in [-0.3, -0.25) is 15.1 Å². The molecule has 0 unspecified atom stereocenters. The van der Waals surface area contributed by atoms with Crippen LogP contribution in [0.5, 0.6) is 5.75 Å². The molecule has 0 aliphatic carbocycles. The van der Waals surface area contributed by atoms with Crippen molar-refractivity contribution in [1.29, 1.82) is 0 Å². The Morgan fingerprint density at radius 3 is 2.89 bits per heavy atom. The van der Waals surface area contributed by atoms with Crippen LogP contribution >= 0.6 is 12.2 Å². The van der Waals surface area contributed by atoms with E-state index in [0.717, 1.165) is 0 Å². The first kappa shape index (κ1) is 12.2. The van der Waals surface area contributed by atoms with Gasteiger partial charge >= 0.3 is 0 Å². The highest BCUT2D eigenvalue weighted by Gasteiger charge is 2.14. The summed E-state index contributed by atoms with van der Waals surface area (Å²) in [7, 11) is 0. The largest absolute Gasteiger partial charge is 0.486 e. The molecule has 1 aromatic carbocycles. The van der Waals surface area contributed by atoms with Crippen molar-refractivity contribution in [1.82, 2.24) is 4.98 Å². The predicted molar refractivity (Wildman–Crippen MR) is 70.7 cm³/mol. The number of nitrogens with zero attached hydrogens (tertiary/aromatic N) is 2. The minimum atomic E-state index is -0.457. The number of hydrogen-bond acceptors (Lipinski definition) is 5. The summed E-state index contributed by atoms with van der Waals surface area (Å²) in [6, 6.07) is 4.55. The predicted octanol–water partition coefficient (Wildman–Crippen LogP) is 1.81. The van der Waals surface area contributed by atoms with Crippen LogP contribution in [0.3, 0.4) is 0 Å². The second-order valence-corrected chi connectivity index (χ2v) is 4.04. The third-order valence-corrected chi connectivity index (χ3v) is 2.44. The van der Waals surface area contributed by atoms with E-state index in [9.17, 15) is 10.1 Å². The summed E-state index contributed by atoms with van der Waals surface area (Å²) in [6.45, 7) is 0.0879. The lowest BCUT2D eigenvalue weighted by atomic mass is 10.1. The van der Waals surface area contributed by atoms with Gasteiger partial charge in [0.15, 0.2) is 0 Å². The Balaban J connectivity index is 2.53. The molecule has 1 heterocycles. The zero-order valence-electron chi connectivity index (χ0n) is 9.20. The fraction of sp³-hybridized carbons (Fsp3) is 0.0909. The average Bonchev–Trinajstić information content (AvgIpc) is 2.35. The highest BCUT2D eigenvalue weighted by Crippen LogP contribution is 2.32. The van der Waals surface area contributed by atoms with Crippen molar-refractivity contribution in [3.05, 3.63) is 40.7 Å². The maximum atomic E-state index is 10.9. The van der Waals surface area contributed by atoms with E-state index in [4.69, 9.17) is 22.7 Å². The van der Waals surface area contributed by atoms with Crippen LogP contribution in [0.4, 0.5) is 5.69 Å². The minimum absolute atomic E-state index is 0.0132. The van der Waals surface area contributed by atoms with Gasteiger partial charge < -0.3 is 10.5 Å². The number of benzene rings is 1. The molecule has 0 aliphatic rings. The van der Waals surface area contributed by atoms with Crippen LogP contribution in [0.2, 0.25) is 0 Å². The van der Waals surface area contributed by atoms with Crippen LogP contribution in [-0.2, 0) is 0 Å². The molecule has 2 N–H and O–H groups in total. The van der Waals surface area contributed by atoms with Crippen LogP contribution in [0, 0.1) is 10.1 Å². The molecule has 0 atom stereocenters. The molecule has 0 spiro atoms. The summed E-state index contributed by atoms with van der Waals surface area (Å²) in [5.74, 6) is 0.491. The highest BCUT2D eigenvalue weighted by atomic mass is 32.1. The van der Waals surface area contributed by atoms with E-state index in [1.54, 1.807) is 12.3 Å². The fourth-order valence-corrected chi connectivity index (χ4v) is 1.64. The van der Waals surface area contributed by atoms with Crippen LogP contribution in [0.15, 0.2) is 30.6 Å². The summed E-state index contributed by atoms with van der Waals surface area (Å²) in [4.78, 5) is 14.5. The number of nitro benzene ring substituents is 1. The molecule has 2 rings (SSSR count). The molecule has 0 saturated heterocycles. The first-order chi connectivity index (χ1) is 8.59. The number of nitrogens with two attached hydrogens (primary N) is 1. The standard InChI is InChI=1S/C11H9N3O3S/c12-11(18)6-17-10-2-1-9(14(15)16)8-5-13-4-3-7(8)10/h1-5H,6H2,(H2,12,18). The Labute approximate surface area is 108 Å². The zero-order chi connectivity index (χ0) is 13.1. The number of rotatable bonds is 4. The van der Waals surface area contributed by atoms with Crippen molar-refractivity contribution in [2.75, 3.05) is 6.61 Å². The Bertz CT molecular complexity index is 630. The second kappa shape index (κ2) is 4.92. The third kappa shape index (κ3) is 2.35. The van der Waals surface area contributed by atoms with Crippen LogP contribution in [-0.4, -0.2) is 21.5 Å². The fourth-order valence-electron chi connectivity index (χ4n) is 1.58. The van der Waals surface area contributed by atoms with Crippen molar-refractivity contribution >= 4 is 33.7 Å². The topological polar surface area (TPSA) is 91.3 Å². The normalized spacial score (nSPS) is 10.2. The lowest BCUT2D eigenvalue weighted by Gasteiger charge is -2.08. The van der Waals surface area contributed by atoms with E-state index in [1.807, 2.05) is 0 Å². The second-order valence-electron chi connectivity index (χ2n) is 3.52. The monoisotopic (exact) mass is 263 g/mol. The SMILES string of the molecule is NC(=S)COc1ccc([N+](=O)[O-])c2cnccc12. The van der Waals surface area contributed by atoms with Crippen molar-refractivity contribution in [2.45, 2.75) is 0 Å². The molecule has 6 nitrogen and oxygen atoms in total. The number of thiocarbonyl (C=S) groups is 1. The molecule has 92 valence electrons. The highest BCUT2D eigenvalue weighted by molar-refractivity contribution is 7.80. The molecule has 0 saturated carbocycles. The van der Waals surface area contributed by atoms with Gasteiger partial charge in [-0.1, -0.05) is 12.2 Å². The number of fused-ring (bicyclic) bond motifs is 1. The number of nitro groups is 1. The molecule has 0 aliphatic heterocycles. The molecule has 1 aromatic heterocycles. The maximum absolute atomic E-state index is 10.9. The van der Waals surface area contributed by atoms with Gasteiger partial charge in [-0.2, -0.15) is 0 Å². The van der Waals surface area contributed by atoms with Crippen LogP contribution in [0.1, 0.15) is 0 Å². The number of ether oxygens (including phenoxy) is 1. The van der Waals surface area contributed by atoms with Crippen LogP contribution in [0.25, 0.3) is 10.8 Å². The number of pyridine rings is 1. The molecule has 2 aromatic rings. The van der Waals surface area contributed by atoms with E-state index in [2.05, 4.69) is 4.98 Å². The first-order valence-electron chi connectivity index (χ1n) is 5.02. The van der Waals surface area contributed by atoms with E-state index in [-0.39, 0.29) is 17.3 Å². The zero-order valence-corrected chi connectivity index (χ0v) is 10.0. The number of hydrogen-bond donors (Lipinski definition) is 1. The summed E-state index contributed by atoms with van der Waals surface area (Å²) >= 11 is 4.72. The van der Waals surface area contributed by atoms with Crippen molar-refractivity contribution in [2.24, 2.45) is 5.73 Å². The van der Waals surface area contributed by atoms with Gasteiger partial charge in [-0.25, -0.2) is 0 Å². The van der Waals surface area contributed by atoms with Gasteiger partial charge in [0.1, 0.15) is 17.3 Å². The molecule has 18 heavy (non-hydrogen) atoms. The van der Waals surface area contributed by atoms with Gasteiger partial charge in [-0.15, -0.1) is 0 Å². The average molecular weight is 263 g/mol. The van der Waals surface area contributed by atoms with Crippen LogP contribution < -0.4 is 10.5 Å². The van der Waals surface area contributed by atoms with Crippen molar-refractivity contribution in [3.8, 4) is 5.75 Å².